The van der Waals surface area contributed by atoms with E-state index in [0.29, 0.717) is 5.56 Å². The maximum atomic E-state index is 12.2. The Bertz CT molecular complexity index is 676. The lowest BCUT2D eigenvalue weighted by atomic mass is 10.1. The highest BCUT2D eigenvalue weighted by molar-refractivity contribution is 6.02. The second kappa shape index (κ2) is 7.41. The Balaban J connectivity index is 2.15. The Morgan fingerprint density at radius 2 is 1.82 bits per heavy atom. The molecule has 4 nitrogen and oxygen atoms in total. The summed E-state index contributed by atoms with van der Waals surface area (Å²) in [6.07, 6.45) is 0.723. The summed E-state index contributed by atoms with van der Waals surface area (Å²) in [4.78, 5) is 12.2. The maximum Gasteiger partial charge on any atom is 0.271 e. The van der Waals surface area contributed by atoms with E-state index in [0.717, 1.165) is 29.0 Å². The summed E-state index contributed by atoms with van der Waals surface area (Å²) >= 11 is 0. The second-order valence-electron chi connectivity index (χ2n) is 4.90. The summed E-state index contributed by atoms with van der Waals surface area (Å²) in [5.74, 6) is 0.598. The van der Waals surface area contributed by atoms with Crippen LogP contribution >= 0.6 is 0 Å². The first-order valence-corrected chi connectivity index (χ1v) is 7.22. The molecule has 0 heterocycles. The molecule has 2 aromatic carbocycles. The lowest BCUT2D eigenvalue weighted by Crippen LogP contribution is -2.20. The average molecular weight is 296 g/mol. The SMILES string of the molecule is CC/C(=N/NC(=O)c1ccccc1C)c1ccc(OC)cc1. The molecule has 22 heavy (non-hydrogen) atoms. The lowest BCUT2D eigenvalue weighted by molar-refractivity contribution is 0.0954. The number of rotatable bonds is 5. The molecule has 114 valence electrons. The minimum Gasteiger partial charge on any atom is -0.497 e. The largest absolute Gasteiger partial charge is 0.497 e. The van der Waals surface area contributed by atoms with E-state index in [1.165, 1.54) is 0 Å². The zero-order chi connectivity index (χ0) is 15.9. The normalized spacial score (nSPS) is 11.1. The molecule has 0 spiro atoms. The van der Waals surface area contributed by atoms with Gasteiger partial charge in [0, 0.05) is 5.56 Å². The van der Waals surface area contributed by atoms with Crippen LogP contribution in [0.5, 0.6) is 5.75 Å². The average Bonchev–Trinajstić information content (AvgIpc) is 2.56. The molecule has 2 rings (SSSR count). The number of ether oxygens (including phenoxy) is 1. The fourth-order valence-electron chi connectivity index (χ4n) is 2.14. The van der Waals surface area contributed by atoms with Gasteiger partial charge in [0.1, 0.15) is 5.75 Å². The number of carbonyl (C=O) groups excluding carboxylic acids is 1. The highest BCUT2D eigenvalue weighted by Gasteiger charge is 2.08. The molecule has 0 aliphatic heterocycles. The van der Waals surface area contributed by atoms with E-state index in [4.69, 9.17) is 4.74 Å². The zero-order valence-corrected chi connectivity index (χ0v) is 13.1. The van der Waals surface area contributed by atoms with E-state index >= 15 is 0 Å². The Morgan fingerprint density at radius 1 is 1.14 bits per heavy atom. The van der Waals surface area contributed by atoms with Gasteiger partial charge in [0.15, 0.2) is 0 Å². The van der Waals surface area contributed by atoms with Gasteiger partial charge in [0.05, 0.1) is 12.8 Å². The molecule has 0 unspecified atom stereocenters. The summed E-state index contributed by atoms with van der Waals surface area (Å²) in [7, 11) is 1.63. The van der Waals surface area contributed by atoms with Gasteiger partial charge < -0.3 is 4.74 Å². The zero-order valence-electron chi connectivity index (χ0n) is 13.1. The summed E-state index contributed by atoms with van der Waals surface area (Å²) in [6.45, 7) is 3.91. The van der Waals surface area contributed by atoms with Crippen LogP contribution in [-0.2, 0) is 0 Å². The van der Waals surface area contributed by atoms with Crippen LogP contribution in [0.3, 0.4) is 0 Å². The van der Waals surface area contributed by atoms with E-state index in [1.807, 2.05) is 56.3 Å². The first-order chi connectivity index (χ1) is 10.7. The molecule has 0 radical (unpaired) electrons. The molecule has 0 aromatic heterocycles. The number of nitrogens with zero attached hydrogens (tertiary/aromatic N) is 1. The Morgan fingerprint density at radius 3 is 2.41 bits per heavy atom. The molecule has 0 fully saturated rings. The molecule has 2 aromatic rings. The van der Waals surface area contributed by atoms with Crippen LogP contribution < -0.4 is 10.2 Å². The van der Waals surface area contributed by atoms with Crippen LogP contribution in [0, 0.1) is 6.92 Å². The number of hydrogen-bond acceptors (Lipinski definition) is 3. The van der Waals surface area contributed by atoms with Gasteiger partial charge in [-0.1, -0.05) is 25.1 Å². The summed E-state index contributed by atoms with van der Waals surface area (Å²) in [5, 5.41) is 4.26. The first-order valence-electron chi connectivity index (χ1n) is 7.22. The quantitative estimate of drug-likeness (QED) is 0.677. The van der Waals surface area contributed by atoms with Crippen LogP contribution in [0.15, 0.2) is 53.6 Å². The molecule has 0 atom stereocenters. The van der Waals surface area contributed by atoms with Gasteiger partial charge in [-0.25, -0.2) is 5.43 Å². The number of benzene rings is 2. The van der Waals surface area contributed by atoms with Gasteiger partial charge in [0.2, 0.25) is 0 Å². The standard InChI is InChI=1S/C18H20N2O2/c1-4-17(14-9-11-15(22-3)12-10-14)19-20-18(21)16-8-6-5-7-13(16)2/h5-12H,4H2,1-3H3,(H,20,21)/b19-17-. The maximum absolute atomic E-state index is 12.2. The number of amides is 1. The van der Waals surface area contributed by atoms with Gasteiger partial charge in [-0.05, 0) is 54.8 Å². The fraction of sp³-hybridized carbons (Fsp3) is 0.222. The molecule has 0 bridgehead atoms. The third-order valence-corrected chi connectivity index (χ3v) is 3.44. The van der Waals surface area contributed by atoms with Crippen molar-refractivity contribution in [2.24, 2.45) is 5.10 Å². The smallest absolute Gasteiger partial charge is 0.271 e. The molecule has 4 heteroatoms. The van der Waals surface area contributed by atoms with Gasteiger partial charge in [-0.2, -0.15) is 5.10 Å². The molecular formula is C18H20N2O2. The van der Waals surface area contributed by atoms with Gasteiger partial charge in [0.25, 0.3) is 5.91 Å². The molecule has 0 saturated heterocycles. The number of nitrogens with one attached hydrogen (secondary N) is 1. The minimum atomic E-state index is -0.197. The number of hydrazone groups is 1. The van der Waals surface area contributed by atoms with E-state index in [1.54, 1.807) is 13.2 Å². The predicted molar refractivity (Wildman–Crippen MR) is 88.5 cm³/mol. The highest BCUT2D eigenvalue weighted by atomic mass is 16.5. The summed E-state index contributed by atoms with van der Waals surface area (Å²) in [5.41, 5.74) is 5.99. The van der Waals surface area contributed by atoms with Crippen LogP contribution in [0.2, 0.25) is 0 Å². The van der Waals surface area contributed by atoms with Crippen LogP contribution in [0.4, 0.5) is 0 Å². The highest BCUT2D eigenvalue weighted by Crippen LogP contribution is 2.13. The van der Waals surface area contributed by atoms with Gasteiger partial charge >= 0.3 is 0 Å². The Hall–Kier alpha value is -2.62. The van der Waals surface area contributed by atoms with Crippen molar-refractivity contribution >= 4 is 11.6 Å². The third kappa shape index (κ3) is 3.73. The van der Waals surface area contributed by atoms with Crippen molar-refractivity contribution < 1.29 is 9.53 Å². The summed E-state index contributed by atoms with van der Waals surface area (Å²) in [6, 6.07) is 15.1. The summed E-state index contributed by atoms with van der Waals surface area (Å²) < 4.78 is 5.14. The molecule has 1 amide bonds. The van der Waals surface area contributed by atoms with Crippen LogP contribution in [0.25, 0.3) is 0 Å². The van der Waals surface area contributed by atoms with Crippen molar-refractivity contribution in [3.8, 4) is 5.75 Å². The Labute approximate surface area is 130 Å². The van der Waals surface area contributed by atoms with Crippen molar-refractivity contribution in [1.29, 1.82) is 0 Å². The van der Waals surface area contributed by atoms with Crippen LogP contribution in [0.1, 0.15) is 34.8 Å². The lowest BCUT2D eigenvalue weighted by Gasteiger charge is -2.07. The predicted octanol–water partition coefficient (Wildman–Crippen LogP) is 3.55. The Kier molecular flexibility index (Phi) is 5.31. The van der Waals surface area contributed by atoms with Crippen molar-refractivity contribution in [1.82, 2.24) is 5.43 Å². The third-order valence-electron chi connectivity index (χ3n) is 3.44. The van der Waals surface area contributed by atoms with Crippen LogP contribution in [-0.4, -0.2) is 18.7 Å². The fourth-order valence-corrected chi connectivity index (χ4v) is 2.14. The van der Waals surface area contributed by atoms with Crippen molar-refractivity contribution in [2.75, 3.05) is 7.11 Å². The van der Waals surface area contributed by atoms with E-state index in [9.17, 15) is 4.79 Å². The van der Waals surface area contributed by atoms with Gasteiger partial charge in [-0.15, -0.1) is 0 Å². The number of carbonyl (C=O) groups is 1. The monoisotopic (exact) mass is 296 g/mol. The van der Waals surface area contributed by atoms with Crippen molar-refractivity contribution in [2.45, 2.75) is 20.3 Å². The molecule has 0 saturated carbocycles. The van der Waals surface area contributed by atoms with E-state index in [-0.39, 0.29) is 5.91 Å². The molecule has 0 aliphatic carbocycles. The molecule has 0 aliphatic rings. The topological polar surface area (TPSA) is 50.7 Å². The minimum absolute atomic E-state index is 0.197. The molecule has 1 N–H and O–H groups in total. The van der Waals surface area contributed by atoms with E-state index < -0.39 is 0 Å². The van der Waals surface area contributed by atoms with Crippen molar-refractivity contribution in [3.63, 3.8) is 0 Å². The van der Waals surface area contributed by atoms with E-state index in [2.05, 4.69) is 10.5 Å². The number of methoxy groups -OCH3 is 1. The number of hydrogen-bond donors (Lipinski definition) is 1. The van der Waals surface area contributed by atoms with Gasteiger partial charge in [-0.3, -0.25) is 4.79 Å². The van der Waals surface area contributed by atoms with Crippen molar-refractivity contribution in [3.05, 3.63) is 65.2 Å². The first kappa shape index (κ1) is 15.8. The second-order valence-corrected chi connectivity index (χ2v) is 4.90. The number of aryl methyl sites for hydroxylation is 1. The molecular weight excluding hydrogens is 276 g/mol.